The lowest BCUT2D eigenvalue weighted by atomic mass is 10.1. The Kier molecular flexibility index (Phi) is 9.55. The van der Waals surface area contributed by atoms with E-state index >= 15 is 0 Å². The van der Waals surface area contributed by atoms with Gasteiger partial charge in [0.15, 0.2) is 0 Å². The summed E-state index contributed by atoms with van der Waals surface area (Å²) in [6.45, 7) is -0.113. The summed E-state index contributed by atoms with van der Waals surface area (Å²) in [6, 6.07) is 15.3. The molecule has 2 amide bonds. The van der Waals surface area contributed by atoms with Crippen LogP contribution in [0.4, 0.5) is 4.79 Å². The minimum Gasteiger partial charge on any atom is -0.480 e. The third-order valence-corrected chi connectivity index (χ3v) is 4.82. The van der Waals surface area contributed by atoms with Crippen LogP contribution in [0, 0.1) is 3.57 Å². The maximum Gasteiger partial charge on any atom is 0.407 e. The number of amides is 2. The molecule has 2 aromatic rings. The van der Waals surface area contributed by atoms with Gasteiger partial charge in [0.1, 0.15) is 12.6 Å². The third-order valence-electron chi connectivity index (χ3n) is 4.10. The Labute approximate surface area is 187 Å². The van der Waals surface area contributed by atoms with Crippen molar-refractivity contribution >= 4 is 40.6 Å². The van der Waals surface area contributed by atoms with E-state index in [1.165, 1.54) is 0 Å². The predicted molar refractivity (Wildman–Crippen MR) is 118 cm³/mol. The lowest BCUT2D eigenvalue weighted by Gasteiger charge is -2.17. The molecule has 0 spiro atoms. The molecule has 4 N–H and O–H groups in total. The third kappa shape index (κ3) is 8.78. The first-order valence-electron chi connectivity index (χ1n) is 9.22. The highest BCUT2D eigenvalue weighted by molar-refractivity contribution is 14.1. The van der Waals surface area contributed by atoms with Gasteiger partial charge in [0, 0.05) is 16.5 Å². The first-order valence-corrected chi connectivity index (χ1v) is 10.3. The highest BCUT2D eigenvalue weighted by Crippen LogP contribution is 2.09. The van der Waals surface area contributed by atoms with Gasteiger partial charge < -0.3 is 25.6 Å². The molecule has 0 heterocycles. The average molecular weight is 526 g/mol. The Morgan fingerprint density at radius 1 is 1.00 bits per heavy atom. The van der Waals surface area contributed by atoms with Crippen LogP contribution in [0.2, 0.25) is 0 Å². The molecule has 9 heteroatoms. The number of nitrogens with one attached hydrogen (secondary N) is 2. The van der Waals surface area contributed by atoms with E-state index in [1.54, 1.807) is 12.1 Å². The fourth-order valence-electron chi connectivity index (χ4n) is 2.57. The summed E-state index contributed by atoms with van der Waals surface area (Å²) < 4.78 is 6.03. The summed E-state index contributed by atoms with van der Waals surface area (Å²) in [7, 11) is 0. The highest BCUT2D eigenvalue weighted by Gasteiger charge is 2.22. The van der Waals surface area contributed by atoms with E-state index in [1.807, 2.05) is 42.5 Å². The lowest BCUT2D eigenvalue weighted by molar-refractivity contribution is -0.142. The van der Waals surface area contributed by atoms with E-state index in [9.17, 15) is 24.6 Å². The van der Waals surface area contributed by atoms with Crippen molar-refractivity contribution in [1.29, 1.82) is 0 Å². The predicted octanol–water partition coefficient (Wildman–Crippen LogP) is 2.08. The standard InChI is InChI=1S/C21H23IN2O6/c22-16-8-6-14(7-9-16)10-18(20(27)28)24-19(26)11-17(25)12-23-21(29)30-13-15-4-2-1-3-5-15/h1-9,17-18,25H,10-13H2,(H,23,29)(H,24,26)(H,27,28)/t17-,18-/m1/s1. The van der Waals surface area contributed by atoms with E-state index in [0.717, 1.165) is 14.7 Å². The van der Waals surface area contributed by atoms with Crippen LogP contribution in [-0.4, -0.2) is 46.9 Å². The van der Waals surface area contributed by atoms with Crippen LogP contribution >= 0.6 is 22.6 Å². The van der Waals surface area contributed by atoms with E-state index in [2.05, 4.69) is 33.2 Å². The zero-order valence-electron chi connectivity index (χ0n) is 16.1. The molecule has 2 rings (SSSR count). The molecule has 0 bridgehead atoms. The molecule has 0 unspecified atom stereocenters. The van der Waals surface area contributed by atoms with E-state index in [-0.39, 0.29) is 26.0 Å². The lowest BCUT2D eigenvalue weighted by Crippen LogP contribution is -2.44. The number of alkyl carbamates (subject to hydrolysis) is 1. The van der Waals surface area contributed by atoms with Crippen LogP contribution in [0.25, 0.3) is 0 Å². The second-order valence-corrected chi connectivity index (χ2v) is 7.84. The summed E-state index contributed by atoms with van der Waals surface area (Å²) in [4.78, 5) is 35.2. The van der Waals surface area contributed by atoms with Gasteiger partial charge in [0.05, 0.1) is 12.5 Å². The Bertz CT molecular complexity index is 844. The van der Waals surface area contributed by atoms with Gasteiger partial charge in [-0.2, -0.15) is 0 Å². The number of carbonyl (C=O) groups is 3. The Balaban J connectivity index is 1.73. The normalized spacial score (nSPS) is 12.5. The van der Waals surface area contributed by atoms with Crippen molar-refractivity contribution < 1.29 is 29.3 Å². The SMILES string of the molecule is O=C(C[C@@H](O)CNC(=O)OCc1ccccc1)N[C@H](Cc1ccc(I)cc1)C(=O)O. The molecule has 0 fully saturated rings. The molecule has 0 aliphatic heterocycles. The fourth-order valence-corrected chi connectivity index (χ4v) is 2.93. The molecule has 160 valence electrons. The fraction of sp³-hybridized carbons (Fsp3) is 0.286. The minimum absolute atomic E-state index is 0.0854. The number of aliphatic hydroxyl groups excluding tert-OH is 1. The van der Waals surface area contributed by atoms with Crippen molar-refractivity contribution in [3.8, 4) is 0 Å². The Hall–Kier alpha value is -2.66. The van der Waals surface area contributed by atoms with Gasteiger partial charge in [-0.15, -0.1) is 0 Å². The second-order valence-electron chi connectivity index (χ2n) is 6.59. The number of carbonyl (C=O) groups excluding carboxylic acids is 2. The molecule has 2 atom stereocenters. The first kappa shape index (κ1) is 23.6. The quantitative estimate of drug-likeness (QED) is 0.352. The van der Waals surface area contributed by atoms with E-state index in [0.29, 0.717) is 0 Å². The van der Waals surface area contributed by atoms with Crippen LogP contribution in [0.15, 0.2) is 54.6 Å². The number of aliphatic carboxylic acids is 1. The van der Waals surface area contributed by atoms with Gasteiger partial charge in [-0.25, -0.2) is 9.59 Å². The molecule has 0 aliphatic rings. The maximum atomic E-state index is 12.1. The molecule has 30 heavy (non-hydrogen) atoms. The van der Waals surface area contributed by atoms with Crippen molar-refractivity contribution in [3.05, 3.63) is 69.3 Å². The van der Waals surface area contributed by atoms with Crippen molar-refractivity contribution in [1.82, 2.24) is 10.6 Å². The summed E-state index contributed by atoms with van der Waals surface area (Å²) in [5.74, 6) is -1.79. The summed E-state index contributed by atoms with van der Waals surface area (Å²) >= 11 is 2.14. The average Bonchev–Trinajstić information content (AvgIpc) is 2.72. The van der Waals surface area contributed by atoms with E-state index < -0.39 is 30.1 Å². The molecule has 0 radical (unpaired) electrons. The van der Waals surface area contributed by atoms with Crippen molar-refractivity contribution in [3.63, 3.8) is 0 Å². The van der Waals surface area contributed by atoms with Gasteiger partial charge in [-0.3, -0.25) is 4.79 Å². The zero-order chi connectivity index (χ0) is 21.9. The van der Waals surface area contributed by atoms with Crippen molar-refractivity contribution in [2.24, 2.45) is 0 Å². The number of benzene rings is 2. The molecule has 0 saturated carbocycles. The molecule has 0 aliphatic carbocycles. The number of carboxylic acid groups (broad SMARTS) is 1. The van der Waals surface area contributed by atoms with E-state index in [4.69, 9.17) is 4.74 Å². The van der Waals surface area contributed by atoms with Crippen LogP contribution in [0.3, 0.4) is 0 Å². The van der Waals surface area contributed by atoms with Gasteiger partial charge in [-0.1, -0.05) is 42.5 Å². The number of carboxylic acids is 1. The number of rotatable bonds is 10. The minimum atomic E-state index is -1.18. The summed E-state index contributed by atoms with van der Waals surface area (Å²) in [6.07, 6.45) is -2.13. The van der Waals surface area contributed by atoms with Crippen LogP contribution in [0.1, 0.15) is 17.5 Å². The number of hydrogen-bond donors (Lipinski definition) is 4. The van der Waals surface area contributed by atoms with Crippen LogP contribution in [0.5, 0.6) is 0 Å². The monoisotopic (exact) mass is 526 g/mol. The van der Waals surface area contributed by atoms with Gasteiger partial charge in [0.25, 0.3) is 0 Å². The maximum absolute atomic E-state index is 12.1. The largest absolute Gasteiger partial charge is 0.480 e. The molecular weight excluding hydrogens is 503 g/mol. The second kappa shape index (κ2) is 12.1. The molecule has 0 saturated heterocycles. The van der Waals surface area contributed by atoms with Crippen LogP contribution in [-0.2, 0) is 27.4 Å². The van der Waals surface area contributed by atoms with Gasteiger partial charge in [-0.05, 0) is 45.9 Å². The number of aliphatic hydroxyl groups is 1. The number of hydrogen-bond acceptors (Lipinski definition) is 5. The van der Waals surface area contributed by atoms with Gasteiger partial charge in [0.2, 0.25) is 5.91 Å². The van der Waals surface area contributed by atoms with Crippen molar-refractivity contribution in [2.45, 2.75) is 31.6 Å². The molecule has 0 aromatic heterocycles. The topological polar surface area (TPSA) is 125 Å². The van der Waals surface area contributed by atoms with Crippen molar-refractivity contribution in [2.75, 3.05) is 6.54 Å². The Morgan fingerprint density at radius 3 is 2.30 bits per heavy atom. The zero-order valence-corrected chi connectivity index (χ0v) is 18.2. The smallest absolute Gasteiger partial charge is 0.407 e. The highest BCUT2D eigenvalue weighted by atomic mass is 127. The first-order chi connectivity index (χ1) is 14.3. The molecule has 8 nitrogen and oxygen atoms in total. The van der Waals surface area contributed by atoms with Gasteiger partial charge >= 0.3 is 12.1 Å². The summed E-state index contributed by atoms with van der Waals surface area (Å²) in [5, 5.41) is 24.1. The number of halogens is 1. The Morgan fingerprint density at radius 2 is 1.67 bits per heavy atom. The molecular formula is C21H23IN2O6. The van der Waals surface area contributed by atoms with Crippen LogP contribution < -0.4 is 10.6 Å². The molecule has 2 aromatic carbocycles. The number of ether oxygens (including phenoxy) is 1. The summed E-state index contributed by atoms with van der Waals surface area (Å²) in [5.41, 5.74) is 1.59.